The molecule has 0 unspecified atom stereocenters. The smallest absolute Gasteiger partial charge is 0.189 e. The molecule has 0 saturated carbocycles. The minimum Gasteiger partial charge on any atom is -0.289 e. The molecule has 0 aromatic heterocycles. The predicted octanol–water partition coefficient (Wildman–Crippen LogP) is 7.45. The summed E-state index contributed by atoms with van der Waals surface area (Å²) in [6, 6.07) is 38.8. The van der Waals surface area contributed by atoms with Gasteiger partial charge in [0, 0.05) is 35.1 Å². The number of benzene rings is 4. The molecule has 4 aromatic carbocycles. The van der Waals surface area contributed by atoms with Gasteiger partial charge in [0.15, 0.2) is 11.6 Å². The summed E-state index contributed by atoms with van der Waals surface area (Å²) in [5.74, 6) is -0.166. The average molecular weight is 441 g/mol. The van der Waals surface area contributed by atoms with E-state index >= 15 is 0 Å². The van der Waals surface area contributed by atoms with E-state index in [0.29, 0.717) is 35.1 Å². The molecule has 164 valence electrons. The van der Waals surface area contributed by atoms with E-state index in [0.717, 1.165) is 22.3 Å². The molecule has 0 amide bonds. The van der Waals surface area contributed by atoms with Crippen molar-refractivity contribution in [2.24, 2.45) is 0 Å². The zero-order valence-electron chi connectivity index (χ0n) is 18.8. The van der Waals surface area contributed by atoms with Crippen LogP contribution in [-0.2, 0) is 0 Å². The maximum atomic E-state index is 13.7. The standard InChI is InChI=1S/C32H24O2/c33-31(25-17-9-3-10-18-25)29-21-27(23-13-5-1-6-14-23)28(24-15-7-2-8-16-24)22-30(29)32(34)26-19-11-4-12-20-26/h1-20H,21-22H2. The van der Waals surface area contributed by atoms with Crippen LogP contribution in [0.5, 0.6) is 0 Å². The Hall–Kier alpha value is -4.30. The number of carbonyl (C=O) groups is 2. The molecule has 2 nitrogen and oxygen atoms in total. The quantitative estimate of drug-likeness (QED) is 0.292. The first kappa shape index (κ1) is 21.5. The first-order valence-electron chi connectivity index (χ1n) is 11.5. The van der Waals surface area contributed by atoms with E-state index in [9.17, 15) is 9.59 Å². The molecule has 5 rings (SSSR count). The third-order valence-electron chi connectivity index (χ3n) is 6.30. The molecule has 0 N–H and O–H groups in total. The molecular formula is C32H24O2. The molecule has 0 heterocycles. The lowest BCUT2D eigenvalue weighted by atomic mass is 9.76. The lowest BCUT2D eigenvalue weighted by molar-refractivity contribution is 0.0995. The molecule has 0 bridgehead atoms. The van der Waals surface area contributed by atoms with Crippen molar-refractivity contribution < 1.29 is 9.59 Å². The number of hydrogen-bond acceptors (Lipinski definition) is 2. The summed E-state index contributed by atoms with van der Waals surface area (Å²) in [5.41, 5.74) is 6.71. The molecule has 0 saturated heterocycles. The molecule has 0 spiro atoms. The molecule has 2 heteroatoms. The maximum Gasteiger partial charge on any atom is 0.189 e. The highest BCUT2D eigenvalue weighted by molar-refractivity contribution is 6.21. The topological polar surface area (TPSA) is 34.1 Å². The maximum absolute atomic E-state index is 13.7. The van der Waals surface area contributed by atoms with Crippen LogP contribution in [0.15, 0.2) is 132 Å². The normalized spacial score (nSPS) is 13.6. The van der Waals surface area contributed by atoms with Gasteiger partial charge in [0.1, 0.15) is 0 Å². The Morgan fingerprint density at radius 3 is 1.03 bits per heavy atom. The molecule has 0 aliphatic heterocycles. The van der Waals surface area contributed by atoms with Crippen molar-refractivity contribution in [3.05, 3.63) is 155 Å². The van der Waals surface area contributed by atoms with E-state index in [4.69, 9.17) is 0 Å². The zero-order valence-corrected chi connectivity index (χ0v) is 18.8. The highest BCUT2D eigenvalue weighted by Crippen LogP contribution is 2.42. The largest absolute Gasteiger partial charge is 0.289 e. The third-order valence-corrected chi connectivity index (χ3v) is 6.30. The van der Waals surface area contributed by atoms with Gasteiger partial charge in [-0.15, -0.1) is 0 Å². The molecule has 1 aliphatic rings. The Balaban J connectivity index is 1.69. The van der Waals surface area contributed by atoms with E-state index in [1.54, 1.807) is 0 Å². The Kier molecular flexibility index (Phi) is 6.13. The van der Waals surface area contributed by atoms with Crippen molar-refractivity contribution in [2.75, 3.05) is 0 Å². The molecule has 34 heavy (non-hydrogen) atoms. The summed E-state index contributed by atoms with van der Waals surface area (Å²) in [4.78, 5) is 27.5. The van der Waals surface area contributed by atoms with Crippen LogP contribution >= 0.6 is 0 Å². The number of hydrogen-bond donors (Lipinski definition) is 0. The molecule has 0 radical (unpaired) electrons. The van der Waals surface area contributed by atoms with Gasteiger partial charge in [-0.2, -0.15) is 0 Å². The van der Waals surface area contributed by atoms with Crippen LogP contribution in [0.4, 0.5) is 0 Å². The van der Waals surface area contributed by atoms with E-state index in [1.165, 1.54) is 0 Å². The summed E-state index contributed by atoms with van der Waals surface area (Å²) >= 11 is 0. The van der Waals surface area contributed by atoms with Crippen molar-refractivity contribution in [1.82, 2.24) is 0 Å². The van der Waals surface area contributed by atoms with Crippen LogP contribution in [0.1, 0.15) is 44.7 Å². The number of ketones is 2. The molecule has 0 atom stereocenters. The number of Topliss-reactive ketones (excluding diaryl/α,β-unsaturated/α-hetero) is 2. The Labute approximate surface area is 199 Å². The van der Waals surface area contributed by atoms with Gasteiger partial charge in [-0.1, -0.05) is 121 Å². The predicted molar refractivity (Wildman–Crippen MR) is 138 cm³/mol. The summed E-state index contributed by atoms with van der Waals surface area (Å²) in [7, 11) is 0. The fourth-order valence-corrected chi connectivity index (χ4v) is 4.57. The van der Waals surface area contributed by atoms with Crippen LogP contribution in [0.25, 0.3) is 11.1 Å². The van der Waals surface area contributed by atoms with Crippen molar-refractivity contribution in [2.45, 2.75) is 12.8 Å². The first-order chi connectivity index (χ1) is 16.7. The monoisotopic (exact) mass is 440 g/mol. The van der Waals surface area contributed by atoms with E-state index < -0.39 is 0 Å². The van der Waals surface area contributed by atoms with E-state index in [2.05, 4.69) is 24.3 Å². The van der Waals surface area contributed by atoms with Crippen molar-refractivity contribution in [1.29, 1.82) is 0 Å². The molecular weight excluding hydrogens is 416 g/mol. The van der Waals surface area contributed by atoms with Crippen LogP contribution in [0.3, 0.4) is 0 Å². The van der Waals surface area contributed by atoms with Gasteiger partial charge in [-0.25, -0.2) is 0 Å². The highest BCUT2D eigenvalue weighted by atomic mass is 16.1. The summed E-state index contributed by atoms with van der Waals surface area (Å²) in [6.07, 6.45) is 0.825. The molecule has 0 fully saturated rings. The van der Waals surface area contributed by atoms with Crippen LogP contribution in [0.2, 0.25) is 0 Å². The van der Waals surface area contributed by atoms with Crippen LogP contribution in [-0.4, -0.2) is 11.6 Å². The van der Waals surface area contributed by atoms with E-state index in [1.807, 2.05) is 97.1 Å². The lowest BCUT2D eigenvalue weighted by Gasteiger charge is -2.26. The van der Waals surface area contributed by atoms with Crippen LogP contribution < -0.4 is 0 Å². The highest BCUT2D eigenvalue weighted by Gasteiger charge is 2.30. The third kappa shape index (κ3) is 4.31. The fourth-order valence-electron chi connectivity index (χ4n) is 4.57. The fraction of sp³-hybridized carbons (Fsp3) is 0.0625. The summed E-state index contributed by atoms with van der Waals surface area (Å²) < 4.78 is 0. The van der Waals surface area contributed by atoms with Gasteiger partial charge in [0.05, 0.1) is 0 Å². The lowest BCUT2D eigenvalue weighted by Crippen LogP contribution is -2.18. The van der Waals surface area contributed by atoms with Crippen LogP contribution in [0, 0.1) is 0 Å². The summed E-state index contributed by atoms with van der Waals surface area (Å²) in [6.45, 7) is 0. The first-order valence-corrected chi connectivity index (χ1v) is 11.5. The minimum absolute atomic E-state index is 0.0829. The second kappa shape index (κ2) is 9.68. The number of carbonyl (C=O) groups excluding carboxylic acids is 2. The van der Waals surface area contributed by atoms with Gasteiger partial charge >= 0.3 is 0 Å². The van der Waals surface area contributed by atoms with Gasteiger partial charge in [0.2, 0.25) is 0 Å². The van der Waals surface area contributed by atoms with Crippen molar-refractivity contribution in [3.8, 4) is 0 Å². The van der Waals surface area contributed by atoms with Crippen molar-refractivity contribution >= 4 is 22.7 Å². The van der Waals surface area contributed by atoms with E-state index in [-0.39, 0.29) is 11.6 Å². The Morgan fingerprint density at radius 2 is 0.706 bits per heavy atom. The second-order valence-corrected chi connectivity index (χ2v) is 8.39. The molecule has 4 aromatic rings. The molecule has 1 aliphatic carbocycles. The zero-order chi connectivity index (χ0) is 23.3. The Morgan fingerprint density at radius 1 is 0.412 bits per heavy atom. The number of allylic oxidation sites excluding steroid dienone is 4. The van der Waals surface area contributed by atoms with Gasteiger partial charge in [-0.3, -0.25) is 9.59 Å². The number of rotatable bonds is 6. The van der Waals surface area contributed by atoms with Gasteiger partial charge < -0.3 is 0 Å². The van der Waals surface area contributed by atoms with Crippen molar-refractivity contribution in [3.63, 3.8) is 0 Å². The minimum atomic E-state index is -0.0829. The van der Waals surface area contributed by atoms with Gasteiger partial charge in [0.25, 0.3) is 0 Å². The summed E-state index contributed by atoms with van der Waals surface area (Å²) in [5, 5.41) is 0. The second-order valence-electron chi connectivity index (χ2n) is 8.39. The average Bonchev–Trinajstić information content (AvgIpc) is 2.93. The Bertz CT molecular complexity index is 1270. The van der Waals surface area contributed by atoms with Gasteiger partial charge in [-0.05, 0) is 22.3 Å². The SMILES string of the molecule is O=C(C1=C(C(=O)c2ccccc2)CC(c2ccccc2)=C(c2ccccc2)C1)c1ccccc1.